The van der Waals surface area contributed by atoms with Crippen LogP contribution in [-0.2, 0) is 9.59 Å². The first kappa shape index (κ1) is 16.0. The van der Waals surface area contributed by atoms with Crippen molar-refractivity contribution in [3.8, 4) is 0 Å². The van der Waals surface area contributed by atoms with Crippen LogP contribution in [0.5, 0.6) is 0 Å². The van der Waals surface area contributed by atoms with Gasteiger partial charge in [0.2, 0.25) is 11.8 Å². The van der Waals surface area contributed by atoms with Gasteiger partial charge in [-0.05, 0) is 24.6 Å². The Bertz CT molecular complexity index is 305. The zero-order valence-corrected chi connectivity index (χ0v) is 13.0. The van der Waals surface area contributed by atoms with Crippen molar-refractivity contribution in [3.05, 3.63) is 0 Å². The Morgan fingerprint density at radius 1 is 1.31 bits per heavy atom. The topological polar surface area (TPSA) is 58.2 Å². The van der Waals surface area contributed by atoms with Crippen molar-refractivity contribution < 1.29 is 40.6 Å². The van der Waals surface area contributed by atoms with Crippen molar-refractivity contribution in [2.45, 2.75) is 33.6 Å². The summed E-state index contributed by atoms with van der Waals surface area (Å²) in [5, 5.41) is 5.16. The zero-order chi connectivity index (χ0) is 11.6. The van der Waals surface area contributed by atoms with E-state index in [1.54, 1.807) is 0 Å². The molecule has 0 spiro atoms. The van der Waals surface area contributed by atoms with Crippen LogP contribution in [0, 0.1) is 11.3 Å². The summed E-state index contributed by atoms with van der Waals surface area (Å²) in [6.45, 7) is 5.73. The van der Waals surface area contributed by atoms with Crippen LogP contribution >= 0.6 is 12.2 Å². The number of amides is 2. The predicted octanol–water partition coefficient (Wildman–Crippen LogP) is -1.92. The Hall–Kier alpha value is 0.0300. The first-order valence-electron chi connectivity index (χ1n) is 5.15. The number of hydrogen-bond donors (Lipinski definition) is 2. The third-order valence-electron chi connectivity index (χ3n) is 3.28. The van der Waals surface area contributed by atoms with Gasteiger partial charge in [0.1, 0.15) is 5.41 Å². The van der Waals surface area contributed by atoms with Crippen molar-refractivity contribution in [2.75, 3.05) is 0 Å². The van der Waals surface area contributed by atoms with Crippen LogP contribution in [-0.4, -0.2) is 16.9 Å². The van der Waals surface area contributed by atoms with E-state index in [2.05, 4.69) is 10.6 Å². The van der Waals surface area contributed by atoms with Crippen LogP contribution in [0.3, 0.4) is 0 Å². The average molecular weight is 252 g/mol. The molecule has 86 valence electrons. The number of nitrogens with one attached hydrogen (secondary N) is 2. The largest absolute Gasteiger partial charge is 1.00 e. The third-order valence-corrected chi connectivity index (χ3v) is 3.48. The van der Waals surface area contributed by atoms with Crippen LogP contribution < -0.4 is 40.2 Å². The number of carbonyl (C=O) groups excluding carboxylic acids is 2. The van der Waals surface area contributed by atoms with Gasteiger partial charge >= 0.3 is 29.6 Å². The minimum Gasteiger partial charge on any atom is -1.00 e. The van der Waals surface area contributed by atoms with E-state index in [1.165, 1.54) is 0 Å². The number of carbonyl (C=O) groups is 2. The Morgan fingerprint density at radius 3 is 2.06 bits per heavy atom. The van der Waals surface area contributed by atoms with Crippen molar-refractivity contribution in [1.29, 1.82) is 0 Å². The Labute approximate surface area is 125 Å². The monoisotopic (exact) mass is 252 g/mol. The molecular formula is C10H17N2NaO2S. The summed E-state index contributed by atoms with van der Waals surface area (Å²) in [4.78, 5) is 23.8. The normalized spacial score (nSPS) is 20.6. The fourth-order valence-electron chi connectivity index (χ4n) is 2.03. The van der Waals surface area contributed by atoms with Gasteiger partial charge in [0, 0.05) is 0 Å². The van der Waals surface area contributed by atoms with Crippen molar-refractivity contribution >= 4 is 29.1 Å². The summed E-state index contributed by atoms with van der Waals surface area (Å²) in [5.41, 5.74) is -0.961. The Balaban J connectivity index is 0. The summed E-state index contributed by atoms with van der Waals surface area (Å²) in [6, 6.07) is 0. The number of hydrogen-bond acceptors (Lipinski definition) is 3. The second-order valence-electron chi connectivity index (χ2n) is 3.87. The molecule has 1 fully saturated rings. The SMILES string of the molecule is CCC(C)C1(CC)C(=O)NC(=S)NC1=O.[H-].[Na+]. The number of rotatable bonds is 3. The molecule has 0 saturated carbocycles. The summed E-state index contributed by atoms with van der Waals surface area (Å²) in [5.74, 6) is -0.535. The van der Waals surface area contributed by atoms with E-state index in [1.807, 2.05) is 20.8 Å². The van der Waals surface area contributed by atoms with Crippen LogP contribution in [0.4, 0.5) is 0 Å². The molecule has 0 aromatic carbocycles. The van der Waals surface area contributed by atoms with Gasteiger partial charge < -0.3 is 12.1 Å². The van der Waals surface area contributed by atoms with Gasteiger partial charge in [0.15, 0.2) is 5.11 Å². The van der Waals surface area contributed by atoms with Crippen LogP contribution in [0.1, 0.15) is 35.0 Å². The maximum Gasteiger partial charge on any atom is 1.00 e. The molecule has 1 rings (SSSR count). The van der Waals surface area contributed by atoms with Gasteiger partial charge in [-0.1, -0.05) is 27.2 Å². The van der Waals surface area contributed by atoms with Crippen LogP contribution in [0.15, 0.2) is 0 Å². The van der Waals surface area contributed by atoms with Crippen molar-refractivity contribution in [3.63, 3.8) is 0 Å². The van der Waals surface area contributed by atoms with E-state index < -0.39 is 5.41 Å². The fraction of sp³-hybridized carbons (Fsp3) is 0.700. The molecule has 0 aromatic heterocycles. The van der Waals surface area contributed by atoms with E-state index in [4.69, 9.17) is 12.2 Å². The van der Waals surface area contributed by atoms with Crippen LogP contribution in [0.2, 0.25) is 0 Å². The average Bonchev–Trinajstić information content (AvgIpc) is 2.17. The second kappa shape index (κ2) is 6.10. The molecule has 1 saturated heterocycles. The molecule has 1 aliphatic heterocycles. The molecule has 6 heteroatoms. The zero-order valence-electron chi connectivity index (χ0n) is 11.2. The first-order chi connectivity index (χ1) is 6.98. The van der Waals surface area contributed by atoms with Crippen molar-refractivity contribution in [1.82, 2.24) is 10.6 Å². The number of thiocarbonyl (C=S) groups is 1. The molecule has 0 radical (unpaired) electrons. The van der Waals surface area contributed by atoms with Crippen LogP contribution in [0.25, 0.3) is 0 Å². The maximum absolute atomic E-state index is 11.9. The van der Waals surface area contributed by atoms with Gasteiger partial charge in [-0.25, -0.2) is 0 Å². The van der Waals surface area contributed by atoms with Gasteiger partial charge in [-0.15, -0.1) is 0 Å². The van der Waals surface area contributed by atoms with Crippen molar-refractivity contribution in [2.24, 2.45) is 11.3 Å². The maximum atomic E-state index is 11.9. The van der Waals surface area contributed by atoms with E-state index in [-0.39, 0.29) is 53.8 Å². The quantitative estimate of drug-likeness (QED) is 0.350. The molecule has 0 bridgehead atoms. The third kappa shape index (κ3) is 2.47. The Kier molecular flexibility index (Phi) is 6.11. The molecule has 1 atom stereocenters. The summed E-state index contributed by atoms with van der Waals surface area (Å²) in [6.07, 6.45) is 1.27. The van der Waals surface area contributed by atoms with Gasteiger partial charge in [-0.2, -0.15) is 0 Å². The molecule has 1 heterocycles. The molecule has 16 heavy (non-hydrogen) atoms. The van der Waals surface area contributed by atoms with Gasteiger partial charge in [-0.3, -0.25) is 9.59 Å². The fourth-order valence-corrected chi connectivity index (χ4v) is 2.21. The Morgan fingerprint density at radius 2 is 1.75 bits per heavy atom. The summed E-state index contributed by atoms with van der Waals surface area (Å²) < 4.78 is 0. The van der Waals surface area contributed by atoms with E-state index in [0.717, 1.165) is 6.42 Å². The molecule has 1 unspecified atom stereocenters. The predicted molar refractivity (Wildman–Crippen MR) is 62.2 cm³/mol. The van der Waals surface area contributed by atoms with E-state index in [9.17, 15) is 9.59 Å². The molecule has 1 aliphatic rings. The minimum absolute atomic E-state index is 0. The minimum atomic E-state index is -0.961. The standard InChI is InChI=1S/C10H16N2O2S.Na.H/c1-4-6(3)10(5-2)7(13)11-9(15)12-8(10)14;;/h6H,4-5H2,1-3H3,(H2,11,12,13,14,15);;/q;+1;-1. The van der Waals surface area contributed by atoms with Gasteiger partial charge in [0.25, 0.3) is 0 Å². The second-order valence-corrected chi connectivity index (χ2v) is 4.28. The molecule has 0 aromatic rings. The first-order valence-corrected chi connectivity index (χ1v) is 5.56. The summed E-state index contributed by atoms with van der Waals surface area (Å²) >= 11 is 4.77. The molecule has 4 nitrogen and oxygen atoms in total. The molecule has 0 aliphatic carbocycles. The van der Waals surface area contributed by atoms with Gasteiger partial charge in [0.05, 0.1) is 0 Å². The van der Waals surface area contributed by atoms with E-state index >= 15 is 0 Å². The summed E-state index contributed by atoms with van der Waals surface area (Å²) in [7, 11) is 0. The molecule has 2 N–H and O–H groups in total. The molecule has 2 amide bonds. The smallest absolute Gasteiger partial charge is 1.00 e. The molecular weight excluding hydrogens is 235 g/mol. The van der Waals surface area contributed by atoms with E-state index in [0.29, 0.717) is 6.42 Å².